The van der Waals surface area contributed by atoms with E-state index in [9.17, 15) is 13.6 Å². The van der Waals surface area contributed by atoms with Crippen molar-refractivity contribution in [1.82, 2.24) is 14.9 Å². The monoisotopic (exact) mass is 335 g/mol. The number of alkyl halides is 2. The molecule has 128 valence electrons. The molecule has 2 heterocycles. The number of hydrogen-bond acceptors (Lipinski definition) is 4. The van der Waals surface area contributed by atoms with Gasteiger partial charge in [-0.05, 0) is 39.0 Å². The maximum atomic E-state index is 12.8. The van der Waals surface area contributed by atoms with Crippen LogP contribution in [-0.4, -0.2) is 32.9 Å². The van der Waals surface area contributed by atoms with Crippen LogP contribution in [0.4, 0.5) is 8.78 Å². The Morgan fingerprint density at radius 1 is 1.21 bits per heavy atom. The van der Waals surface area contributed by atoms with Crippen LogP contribution in [-0.2, 0) is 6.54 Å². The van der Waals surface area contributed by atoms with Crippen LogP contribution >= 0.6 is 0 Å². The maximum Gasteiger partial charge on any atom is 0.388 e. The van der Waals surface area contributed by atoms with Crippen LogP contribution in [0.2, 0.25) is 0 Å². The van der Waals surface area contributed by atoms with Gasteiger partial charge in [0.1, 0.15) is 0 Å². The molecule has 0 saturated carbocycles. The van der Waals surface area contributed by atoms with Crippen molar-refractivity contribution in [2.24, 2.45) is 0 Å². The minimum Gasteiger partial charge on any atom is -0.417 e. The van der Waals surface area contributed by atoms with E-state index in [2.05, 4.69) is 14.7 Å². The molecule has 1 amide bonds. The van der Waals surface area contributed by atoms with Gasteiger partial charge in [0.25, 0.3) is 5.91 Å². The first-order valence-corrected chi connectivity index (χ1v) is 7.40. The zero-order valence-electron chi connectivity index (χ0n) is 13.7. The third-order valence-electron chi connectivity index (χ3n) is 3.29. The quantitative estimate of drug-likeness (QED) is 0.839. The topological polar surface area (TPSA) is 55.3 Å². The van der Waals surface area contributed by atoms with Gasteiger partial charge in [-0.3, -0.25) is 9.78 Å². The zero-order valence-corrected chi connectivity index (χ0v) is 13.7. The van der Waals surface area contributed by atoms with Crippen LogP contribution in [0.1, 0.15) is 36.8 Å². The summed E-state index contributed by atoms with van der Waals surface area (Å²) in [4.78, 5) is 22.4. The van der Waals surface area contributed by atoms with Crippen molar-refractivity contribution in [2.45, 2.75) is 39.5 Å². The third kappa shape index (κ3) is 4.71. The minimum absolute atomic E-state index is 0.228. The Hall–Kier alpha value is -2.57. The van der Waals surface area contributed by atoms with Crippen molar-refractivity contribution in [3.8, 4) is 5.88 Å². The molecule has 5 nitrogen and oxygen atoms in total. The first-order chi connectivity index (χ1) is 11.3. The number of amides is 1. The third-order valence-corrected chi connectivity index (χ3v) is 3.29. The Morgan fingerprint density at radius 2 is 1.96 bits per heavy atom. The number of aromatic nitrogens is 2. The molecule has 0 aromatic carbocycles. The molecule has 0 aliphatic carbocycles. The Labute approximate surface area is 139 Å². The highest BCUT2D eigenvalue weighted by atomic mass is 19.3. The van der Waals surface area contributed by atoms with Crippen molar-refractivity contribution < 1.29 is 18.3 Å². The second-order valence-corrected chi connectivity index (χ2v) is 6.15. The van der Waals surface area contributed by atoms with Gasteiger partial charge in [-0.1, -0.05) is 6.07 Å². The zero-order chi connectivity index (χ0) is 17.7. The molecule has 0 N–H and O–H groups in total. The van der Waals surface area contributed by atoms with Gasteiger partial charge in [0, 0.05) is 24.0 Å². The highest BCUT2D eigenvalue weighted by molar-refractivity contribution is 5.94. The molecule has 0 spiro atoms. The summed E-state index contributed by atoms with van der Waals surface area (Å²) in [5.74, 6) is -0.488. The molecule has 2 aromatic rings. The molecular weight excluding hydrogens is 316 g/mol. The lowest BCUT2D eigenvalue weighted by Gasteiger charge is -2.35. The molecule has 0 bridgehead atoms. The highest BCUT2D eigenvalue weighted by Gasteiger charge is 2.28. The van der Waals surface area contributed by atoms with E-state index in [1.54, 1.807) is 17.2 Å². The first kappa shape index (κ1) is 17.8. The summed E-state index contributed by atoms with van der Waals surface area (Å²) in [6, 6.07) is 8.17. The molecule has 2 rings (SSSR count). The predicted molar refractivity (Wildman–Crippen MR) is 84.7 cm³/mol. The molecule has 0 saturated heterocycles. The van der Waals surface area contributed by atoms with Crippen LogP contribution in [0.3, 0.4) is 0 Å². The van der Waals surface area contributed by atoms with Gasteiger partial charge in [-0.2, -0.15) is 8.78 Å². The normalized spacial score (nSPS) is 11.4. The molecule has 2 aromatic heterocycles. The second-order valence-electron chi connectivity index (χ2n) is 6.15. The van der Waals surface area contributed by atoms with Gasteiger partial charge in [0.15, 0.2) is 0 Å². The number of halogens is 2. The molecule has 24 heavy (non-hydrogen) atoms. The fourth-order valence-corrected chi connectivity index (χ4v) is 2.09. The van der Waals surface area contributed by atoms with E-state index in [-0.39, 0.29) is 11.8 Å². The lowest BCUT2D eigenvalue weighted by atomic mass is 10.0. The first-order valence-electron chi connectivity index (χ1n) is 7.40. The van der Waals surface area contributed by atoms with Gasteiger partial charge in [-0.15, -0.1) is 0 Å². The largest absolute Gasteiger partial charge is 0.417 e. The van der Waals surface area contributed by atoms with E-state index in [0.29, 0.717) is 12.1 Å². The van der Waals surface area contributed by atoms with Crippen LogP contribution in [0.15, 0.2) is 42.7 Å². The van der Waals surface area contributed by atoms with E-state index >= 15 is 0 Å². The number of nitrogens with zero attached hydrogens (tertiary/aromatic N) is 3. The fraction of sp³-hybridized carbons (Fsp3) is 0.353. The summed E-state index contributed by atoms with van der Waals surface area (Å²) in [7, 11) is 0. The molecular formula is C17H19F2N3O2. The Bertz CT molecular complexity index is 670. The lowest BCUT2D eigenvalue weighted by molar-refractivity contribution is -0.0528. The highest BCUT2D eigenvalue weighted by Crippen LogP contribution is 2.21. The van der Waals surface area contributed by atoms with Crippen molar-refractivity contribution in [3.63, 3.8) is 0 Å². The molecule has 0 aliphatic heterocycles. The van der Waals surface area contributed by atoms with Crippen molar-refractivity contribution in [1.29, 1.82) is 0 Å². The summed E-state index contributed by atoms with van der Waals surface area (Å²) in [5, 5.41) is 0. The molecule has 0 atom stereocenters. The van der Waals surface area contributed by atoms with Crippen LogP contribution in [0, 0.1) is 0 Å². The summed E-state index contributed by atoms with van der Waals surface area (Å²) >= 11 is 0. The number of carbonyl (C=O) groups excluding carboxylic acids is 1. The van der Waals surface area contributed by atoms with Crippen LogP contribution in [0.5, 0.6) is 5.88 Å². The SMILES string of the molecule is CC(C)(C)N(Cc1ccccn1)C(=O)c1ccc(OC(F)F)nc1. The fourth-order valence-electron chi connectivity index (χ4n) is 2.09. The number of hydrogen-bond donors (Lipinski definition) is 0. The summed E-state index contributed by atoms with van der Waals surface area (Å²) in [6.45, 7) is 3.12. The summed E-state index contributed by atoms with van der Waals surface area (Å²) in [5.41, 5.74) is 0.598. The molecule has 0 fully saturated rings. The number of carbonyl (C=O) groups is 1. The lowest BCUT2D eigenvalue weighted by Crippen LogP contribution is -2.45. The van der Waals surface area contributed by atoms with E-state index in [0.717, 1.165) is 5.69 Å². The average molecular weight is 335 g/mol. The minimum atomic E-state index is -2.95. The van der Waals surface area contributed by atoms with E-state index in [4.69, 9.17) is 0 Å². The number of ether oxygens (including phenoxy) is 1. The van der Waals surface area contributed by atoms with Gasteiger partial charge in [-0.25, -0.2) is 4.98 Å². The van der Waals surface area contributed by atoms with Gasteiger partial charge >= 0.3 is 6.61 Å². The Balaban J connectivity index is 2.21. The molecule has 0 unspecified atom stereocenters. The van der Waals surface area contributed by atoms with Crippen molar-refractivity contribution in [3.05, 3.63) is 54.0 Å². The Morgan fingerprint density at radius 3 is 2.46 bits per heavy atom. The van der Waals surface area contributed by atoms with E-state index < -0.39 is 12.2 Å². The maximum absolute atomic E-state index is 12.8. The van der Waals surface area contributed by atoms with Crippen LogP contribution in [0.25, 0.3) is 0 Å². The van der Waals surface area contributed by atoms with E-state index in [1.807, 2.05) is 32.9 Å². The van der Waals surface area contributed by atoms with Crippen molar-refractivity contribution >= 4 is 5.91 Å². The van der Waals surface area contributed by atoms with Crippen molar-refractivity contribution in [2.75, 3.05) is 0 Å². The predicted octanol–water partition coefficient (Wildman–Crippen LogP) is 3.52. The second kappa shape index (κ2) is 7.33. The molecule has 0 radical (unpaired) electrons. The van der Waals surface area contributed by atoms with Gasteiger partial charge in [0.2, 0.25) is 5.88 Å². The molecule has 0 aliphatic rings. The van der Waals surface area contributed by atoms with Crippen LogP contribution < -0.4 is 4.74 Å². The average Bonchev–Trinajstić information content (AvgIpc) is 2.52. The number of rotatable bonds is 5. The molecule has 7 heteroatoms. The smallest absolute Gasteiger partial charge is 0.388 e. The van der Waals surface area contributed by atoms with Gasteiger partial charge in [0.05, 0.1) is 17.8 Å². The summed E-state index contributed by atoms with van der Waals surface area (Å²) in [6.07, 6.45) is 2.90. The summed E-state index contributed by atoms with van der Waals surface area (Å²) < 4.78 is 28.5. The Kier molecular flexibility index (Phi) is 5.43. The van der Waals surface area contributed by atoms with Gasteiger partial charge < -0.3 is 9.64 Å². The standard InChI is InChI=1S/C17H19F2N3O2/c1-17(2,3)22(11-13-6-4-5-9-20-13)15(23)12-7-8-14(21-10-12)24-16(18)19/h4-10,16H,11H2,1-3H3. The van der Waals surface area contributed by atoms with E-state index in [1.165, 1.54) is 18.3 Å². The number of pyridine rings is 2.